The molecular weight excluding hydrogens is 154 g/mol. The van der Waals surface area contributed by atoms with E-state index in [0.29, 0.717) is 4.90 Å². The highest BCUT2D eigenvalue weighted by Gasteiger charge is 1.96. The molecule has 0 unspecified atom stereocenters. The standard InChI is InChI=1S/C7H6F2S/c1-5-2-6(8)4-7(3-5)10-9/h2-4H,1H3. The molecule has 1 aromatic carbocycles. The van der Waals surface area contributed by atoms with Gasteiger partial charge in [0.1, 0.15) is 5.82 Å². The highest BCUT2D eigenvalue weighted by Crippen LogP contribution is 2.20. The molecule has 0 saturated heterocycles. The zero-order valence-corrected chi connectivity index (χ0v) is 6.21. The highest BCUT2D eigenvalue weighted by atomic mass is 32.2. The van der Waals surface area contributed by atoms with E-state index in [1.807, 2.05) is 0 Å². The number of hydrogen-bond donors (Lipinski definition) is 0. The van der Waals surface area contributed by atoms with E-state index in [9.17, 15) is 8.28 Å². The van der Waals surface area contributed by atoms with E-state index < -0.39 is 0 Å². The maximum absolute atomic E-state index is 12.4. The minimum Gasteiger partial charge on any atom is -0.207 e. The van der Waals surface area contributed by atoms with Gasteiger partial charge >= 0.3 is 0 Å². The number of hydrogen-bond acceptors (Lipinski definition) is 1. The van der Waals surface area contributed by atoms with Crippen molar-refractivity contribution in [3.05, 3.63) is 29.6 Å². The van der Waals surface area contributed by atoms with Gasteiger partial charge in [0.05, 0.1) is 12.1 Å². The molecular formula is C7H6F2S. The number of aryl methyl sites for hydroxylation is 1. The average Bonchev–Trinajstić information content (AvgIpc) is 1.85. The van der Waals surface area contributed by atoms with Crippen molar-refractivity contribution in [2.45, 2.75) is 11.8 Å². The Morgan fingerprint density at radius 3 is 2.50 bits per heavy atom. The quantitative estimate of drug-likeness (QED) is 0.608. The summed E-state index contributed by atoms with van der Waals surface area (Å²) in [6.45, 7) is 1.72. The molecule has 0 radical (unpaired) electrons. The fourth-order valence-corrected chi connectivity index (χ4v) is 1.13. The lowest BCUT2D eigenvalue weighted by atomic mass is 10.2. The van der Waals surface area contributed by atoms with Crippen LogP contribution in [0.4, 0.5) is 8.28 Å². The van der Waals surface area contributed by atoms with Crippen molar-refractivity contribution in [3.63, 3.8) is 0 Å². The van der Waals surface area contributed by atoms with Crippen LogP contribution in [0.3, 0.4) is 0 Å². The summed E-state index contributed by atoms with van der Waals surface area (Å²) in [4.78, 5) is 0.317. The fraction of sp³-hybridized carbons (Fsp3) is 0.143. The molecule has 10 heavy (non-hydrogen) atoms. The number of rotatable bonds is 1. The summed E-state index contributed by atoms with van der Waals surface area (Å²) >= 11 is 0.0571. The average molecular weight is 160 g/mol. The normalized spacial score (nSPS) is 9.90. The minimum atomic E-state index is -0.389. The molecule has 0 spiro atoms. The Labute approximate surface area is 62.5 Å². The smallest absolute Gasteiger partial charge is 0.124 e. The Bertz CT molecular complexity index is 215. The molecule has 0 aliphatic carbocycles. The summed E-state index contributed by atoms with van der Waals surface area (Å²) in [5.74, 6) is -0.389. The zero-order chi connectivity index (χ0) is 7.56. The molecule has 0 saturated carbocycles. The summed E-state index contributed by atoms with van der Waals surface area (Å²) in [6.07, 6.45) is 0. The first-order valence-corrected chi connectivity index (χ1v) is 3.50. The molecule has 1 rings (SSSR count). The predicted octanol–water partition coefficient (Wildman–Crippen LogP) is 3.11. The van der Waals surface area contributed by atoms with E-state index in [2.05, 4.69) is 0 Å². The Kier molecular flexibility index (Phi) is 2.27. The molecule has 0 heterocycles. The predicted molar refractivity (Wildman–Crippen MR) is 38.1 cm³/mol. The van der Waals surface area contributed by atoms with Gasteiger partial charge in [-0.25, -0.2) is 4.39 Å². The highest BCUT2D eigenvalue weighted by molar-refractivity contribution is 7.94. The summed E-state index contributed by atoms with van der Waals surface area (Å²) < 4.78 is 24.3. The van der Waals surface area contributed by atoms with E-state index in [1.165, 1.54) is 6.07 Å². The number of benzene rings is 1. The van der Waals surface area contributed by atoms with E-state index in [1.54, 1.807) is 13.0 Å². The fourth-order valence-electron chi connectivity index (χ4n) is 0.747. The largest absolute Gasteiger partial charge is 0.207 e. The first-order valence-electron chi connectivity index (χ1n) is 2.78. The Hall–Kier alpha value is -0.570. The zero-order valence-electron chi connectivity index (χ0n) is 5.40. The van der Waals surface area contributed by atoms with Gasteiger partial charge in [0.15, 0.2) is 0 Å². The van der Waals surface area contributed by atoms with Crippen molar-refractivity contribution in [1.29, 1.82) is 0 Å². The molecule has 0 aliphatic rings. The molecule has 0 bridgehead atoms. The Morgan fingerprint density at radius 2 is 2.00 bits per heavy atom. The van der Waals surface area contributed by atoms with Crippen LogP contribution in [0, 0.1) is 12.7 Å². The van der Waals surface area contributed by atoms with Crippen molar-refractivity contribution in [2.24, 2.45) is 0 Å². The summed E-state index contributed by atoms with van der Waals surface area (Å²) in [6, 6.07) is 4.12. The summed E-state index contributed by atoms with van der Waals surface area (Å²) in [5, 5.41) is 0. The summed E-state index contributed by atoms with van der Waals surface area (Å²) in [5.41, 5.74) is 0.736. The van der Waals surface area contributed by atoms with Gasteiger partial charge in [0, 0.05) is 4.90 Å². The van der Waals surface area contributed by atoms with Crippen molar-refractivity contribution >= 4 is 12.1 Å². The first-order chi connectivity index (χ1) is 4.72. The molecule has 0 atom stereocenters. The minimum absolute atomic E-state index is 0.0571. The molecule has 0 amide bonds. The van der Waals surface area contributed by atoms with E-state index in [4.69, 9.17) is 0 Å². The third kappa shape index (κ3) is 1.70. The lowest BCUT2D eigenvalue weighted by Crippen LogP contribution is -1.77. The molecule has 54 valence electrons. The Balaban J connectivity index is 3.06. The lowest BCUT2D eigenvalue weighted by molar-refractivity contribution is 0.622. The van der Waals surface area contributed by atoms with Crippen molar-refractivity contribution in [1.82, 2.24) is 0 Å². The van der Waals surface area contributed by atoms with Gasteiger partial charge in [0.2, 0.25) is 0 Å². The van der Waals surface area contributed by atoms with Gasteiger partial charge in [-0.1, -0.05) is 0 Å². The molecule has 1 aromatic rings. The van der Waals surface area contributed by atoms with Gasteiger partial charge < -0.3 is 0 Å². The molecule has 0 N–H and O–H groups in total. The van der Waals surface area contributed by atoms with Crippen LogP contribution in [0.25, 0.3) is 0 Å². The molecule has 3 heteroatoms. The van der Waals surface area contributed by atoms with Gasteiger partial charge in [-0.05, 0) is 30.7 Å². The molecule has 0 nitrogen and oxygen atoms in total. The number of halogens is 2. The van der Waals surface area contributed by atoms with Gasteiger partial charge in [-0.2, -0.15) is 3.89 Å². The Morgan fingerprint density at radius 1 is 1.30 bits per heavy atom. The first kappa shape index (κ1) is 7.54. The van der Waals surface area contributed by atoms with Crippen LogP contribution in [-0.2, 0) is 0 Å². The van der Waals surface area contributed by atoms with Crippen LogP contribution in [0.1, 0.15) is 5.56 Å². The third-order valence-corrected chi connectivity index (χ3v) is 1.52. The van der Waals surface area contributed by atoms with E-state index in [0.717, 1.165) is 11.6 Å². The second kappa shape index (κ2) is 3.01. The van der Waals surface area contributed by atoms with Gasteiger partial charge in [-0.3, -0.25) is 0 Å². The maximum Gasteiger partial charge on any atom is 0.124 e. The van der Waals surface area contributed by atoms with E-state index in [-0.39, 0.29) is 18.0 Å². The van der Waals surface area contributed by atoms with Crippen LogP contribution >= 0.6 is 12.1 Å². The van der Waals surface area contributed by atoms with Gasteiger partial charge in [0.25, 0.3) is 0 Å². The monoisotopic (exact) mass is 160 g/mol. The van der Waals surface area contributed by atoms with Crippen molar-refractivity contribution < 1.29 is 8.28 Å². The third-order valence-electron chi connectivity index (χ3n) is 1.10. The van der Waals surface area contributed by atoms with Crippen molar-refractivity contribution in [3.8, 4) is 0 Å². The second-order valence-electron chi connectivity index (χ2n) is 2.04. The molecule has 0 fully saturated rings. The second-order valence-corrected chi connectivity index (χ2v) is 2.67. The lowest BCUT2D eigenvalue weighted by Gasteiger charge is -1.95. The van der Waals surface area contributed by atoms with Crippen LogP contribution < -0.4 is 0 Å². The topological polar surface area (TPSA) is 0 Å². The van der Waals surface area contributed by atoms with Gasteiger partial charge in [-0.15, -0.1) is 0 Å². The van der Waals surface area contributed by atoms with Crippen LogP contribution in [0.15, 0.2) is 23.1 Å². The van der Waals surface area contributed by atoms with Crippen LogP contribution in [-0.4, -0.2) is 0 Å². The maximum atomic E-state index is 12.4. The van der Waals surface area contributed by atoms with E-state index >= 15 is 0 Å². The van der Waals surface area contributed by atoms with Crippen LogP contribution in [0.5, 0.6) is 0 Å². The molecule has 0 aliphatic heterocycles. The van der Waals surface area contributed by atoms with Crippen LogP contribution in [0.2, 0.25) is 0 Å². The SMILES string of the molecule is Cc1cc(F)cc(SF)c1. The molecule has 0 aromatic heterocycles. The van der Waals surface area contributed by atoms with Crippen molar-refractivity contribution in [2.75, 3.05) is 0 Å². The summed E-state index contributed by atoms with van der Waals surface area (Å²) in [7, 11) is 0.